The number of para-hydroxylation sites is 1. The monoisotopic (exact) mass is 321 g/mol. The van der Waals surface area contributed by atoms with Crippen molar-refractivity contribution in [2.45, 2.75) is 26.3 Å². The summed E-state index contributed by atoms with van der Waals surface area (Å²) in [7, 11) is 0. The van der Waals surface area contributed by atoms with Crippen molar-refractivity contribution in [2.24, 2.45) is 0 Å². The van der Waals surface area contributed by atoms with Crippen LogP contribution in [0.25, 0.3) is 0 Å². The molecule has 3 N–H and O–H groups in total. The molecular weight excluding hydrogens is 298 g/mol. The summed E-state index contributed by atoms with van der Waals surface area (Å²) in [5.74, 6) is -1.73. The number of carbonyl (C=O) groups excluding carboxylic acids is 2. The number of nitrogens with one attached hydrogen (secondary N) is 2. The Hall–Kier alpha value is -2.41. The summed E-state index contributed by atoms with van der Waals surface area (Å²) >= 11 is 0. The van der Waals surface area contributed by atoms with E-state index >= 15 is 0 Å². The Kier molecular flexibility index (Phi) is 7.76. The lowest BCUT2D eigenvalue weighted by molar-refractivity contribution is -0.138. The standard InChI is InChI=1S/C16H23N3O4/c1-3-9-19(11-14(20)17-10-15(21)22)12(2)16(23)18-13-7-5-4-6-8-13/h4-8,12H,3,9-11H2,1-2H3,(H,17,20)(H,18,23)(H,21,22). The summed E-state index contributed by atoms with van der Waals surface area (Å²) in [5, 5.41) is 13.7. The second-order valence-electron chi connectivity index (χ2n) is 5.17. The summed E-state index contributed by atoms with van der Waals surface area (Å²) in [6.07, 6.45) is 0.773. The van der Waals surface area contributed by atoms with Gasteiger partial charge >= 0.3 is 5.97 Å². The van der Waals surface area contributed by atoms with Gasteiger partial charge in [0, 0.05) is 5.69 Å². The van der Waals surface area contributed by atoms with Crippen molar-refractivity contribution in [3.05, 3.63) is 30.3 Å². The van der Waals surface area contributed by atoms with Gasteiger partial charge in [0.25, 0.3) is 0 Å². The van der Waals surface area contributed by atoms with Crippen LogP contribution >= 0.6 is 0 Å². The summed E-state index contributed by atoms with van der Waals surface area (Å²) in [6, 6.07) is 8.57. The molecule has 1 aromatic rings. The van der Waals surface area contributed by atoms with E-state index in [0.717, 1.165) is 6.42 Å². The van der Waals surface area contributed by atoms with E-state index in [9.17, 15) is 14.4 Å². The Balaban J connectivity index is 2.62. The Morgan fingerprint density at radius 2 is 1.87 bits per heavy atom. The average Bonchev–Trinajstić information content (AvgIpc) is 2.52. The van der Waals surface area contributed by atoms with E-state index in [1.165, 1.54) is 0 Å². The van der Waals surface area contributed by atoms with Crippen LogP contribution in [-0.4, -0.2) is 53.5 Å². The molecule has 1 atom stereocenters. The fraction of sp³-hybridized carbons (Fsp3) is 0.438. The third kappa shape index (κ3) is 6.92. The largest absolute Gasteiger partial charge is 0.480 e. The van der Waals surface area contributed by atoms with Crippen LogP contribution in [0.2, 0.25) is 0 Å². The quantitative estimate of drug-likeness (QED) is 0.628. The van der Waals surface area contributed by atoms with Crippen LogP contribution in [-0.2, 0) is 14.4 Å². The van der Waals surface area contributed by atoms with E-state index in [0.29, 0.717) is 12.2 Å². The van der Waals surface area contributed by atoms with Crippen molar-refractivity contribution in [3.8, 4) is 0 Å². The van der Waals surface area contributed by atoms with Gasteiger partial charge in [-0.2, -0.15) is 0 Å². The maximum absolute atomic E-state index is 12.3. The highest BCUT2D eigenvalue weighted by Gasteiger charge is 2.23. The van der Waals surface area contributed by atoms with Crippen LogP contribution in [0.1, 0.15) is 20.3 Å². The topological polar surface area (TPSA) is 98.7 Å². The maximum atomic E-state index is 12.3. The van der Waals surface area contributed by atoms with Crippen LogP contribution in [0.5, 0.6) is 0 Å². The Labute approximate surface area is 135 Å². The van der Waals surface area contributed by atoms with Gasteiger partial charge in [-0.15, -0.1) is 0 Å². The smallest absolute Gasteiger partial charge is 0.322 e. The second-order valence-corrected chi connectivity index (χ2v) is 5.17. The summed E-state index contributed by atoms with van der Waals surface area (Å²) < 4.78 is 0. The lowest BCUT2D eigenvalue weighted by Gasteiger charge is -2.27. The van der Waals surface area contributed by atoms with Crippen molar-refractivity contribution < 1.29 is 19.5 Å². The molecule has 1 aromatic carbocycles. The Morgan fingerprint density at radius 1 is 1.22 bits per heavy atom. The maximum Gasteiger partial charge on any atom is 0.322 e. The molecule has 23 heavy (non-hydrogen) atoms. The first-order chi connectivity index (χ1) is 10.9. The fourth-order valence-corrected chi connectivity index (χ4v) is 2.05. The average molecular weight is 321 g/mol. The fourth-order valence-electron chi connectivity index (χ4n) is 2.05. The molecule has 0 heterocycles. The van der Waals surface area contributed by atoms with Crippen molar-refractivity contribution in [2.75, 3.05) is 25.0 Å². The zero-order chi connectivity index (χ0) is 17.2. The molecular formula is C16H23N3O4. The second kappa shape index (κ2) is 9.58. The highest BCUT2D eigenvalue weighted by molar-refractivity contribution is 5.95. The molecule has 0 spiro atoms. The number of nitrogens with zero attached hydrogens (tertiary/aromatic N) is 1. The molecule has 0 bridgehead atoms. The van der Waals surface area contributed by atoms with Gasteiger partial charge in [0.15, 0.2) is 0 Å². The number of rotatable bonds is 9. The summed E-state index contributed by atoms with van der Waals surface area (Å²) in [5.41, 5.74) is 0.691. The molecule has 0 saturated carbocycles. The SMILES string of the molecule is CCCN(CC(=O)NCC(=O)O)C(C)C(=O)Nc1ccccc1. The summed E-state index contributed by atoms with van der Waals surface area (Å²) in [4.78, 5) is 36.3. The van der Waals surface area contributed by atoms with Gasteiger partial charge in [-0.25, -0.2) is 0 Å². The number of carbonyl (C=O) groups is 3. The molecule has 0 aliphatic heterocycles. The number of benzene rings is 1. The Bertz CT molecular complexity index is 533. The van der Waals surface area contributed by atoms with Crippen LogP contribution in [0.3, 0.4) is 0 Å². The van der Waals surface area contributed by atoms with E-state index in [1.54, 1.807) is 24.0 Å². The number of hydrogen-bond acceptors (Lipinski definition) is 4. The van der Waals surface area contributed by atoms with Gasteiger partial charge in [-0.3, -0.25) is 19.3 Å². The minimum atomic E-state index is -1.10. The van der Waals surface area contributed by atoms with Gasteiger partial charge in [0.2, 0.25) is 11.8 Å². The highest BCUT2D eigenvalue weighted by Crippen LogP contribution is 2.08. The Morgan fingerprint density at radius 3 is 2.43 bits per heavy atom. The number of anilines is 1. The molecule has 0 aromatic heterocycles. The van der Waals surface area contributed by atoms with Gasteiger partial charge in [-0.1, -0.05) is 25.1 Å². The van der Waals surface area contributed by atoms with E-state index in [2.05, 4.69) is 10.6 Å². The van der Waals surface area contributed by atoms with Crippen LogP contribution in [0.15, 0.2) is 30.3 Å². The molecule has 1 rings (SSSR count). The van der Waals surface area contributed by atoms with Gasteiger partial charge < -0.3 is 15.7 Å². The van der Waals surface area contributed by atoms with Crippen LogP contribution in [0.4, 0.5) is 5.69 Å². The summed E-state index contributed by atoms with van der Waals surface area (Å²) in [6.45, 7) is 3.78. The van der Waals surface area contributed by atoms with Crippen LogP contribution < -0.4 is 10.6 Å². The zero-order valence-electron chi connectivity index (χ0n) is 13.4. The van der Waals surface area contributed by atoms with Gasteiger partial charge in [-0.05, 0) is 32.0 Å². The van der Waals surface area contributed by atoms with Gasteiger partial charge in [0.05, 0.1) is 12.6 Å². The first kappa shape index (κ1) is 18.6. The minimum absolute atomic E-state index is 0.0233. The molecule has 0 aliphatic rings. The first-order valence-electron chi connectivity index (χ1n) is 7.52. The van der Waals surface area contributed by atoms with Crippen LogP contribution in [0, 0.1) is 0 Å². The normalized spacial score (nSPS) is 11.8. The highest BCUT2D eigenvalue weighted by atomic mass is 16.4. The van der Waals surface area contributed by atoms with E-state index < -0.39 is 24.5 Å². The lowest BCUT2D eigenvalue weighted by atomic mass is 10.2. The van der Waals surface area contributed by atoms with Gasteiger partial charge in [0.1, 0.15) is 6.54 Å². The number of amides is 2. The van der Waals surface area contributed by atoms with Crippen molar-refractivity contribution in [3.63, 3.8) is 0 Å². The first-order valence-corrected chi connectivity index (χ1v) is 7.52. The van der Waals surface area contributed by atoms with Crippen molar-refractivity contribution >= 4 is 23.5 Å². The lowest BCUT2D eigenvalue weighted by Crippen LogP contribution is -2.47. The predicted octanol–water partition coefficient (Wildman–Crippen LogP) is 0.926. The minimum Gasteiger partial charge on any atom is -0.480 e. The molecule has 126 valence electrons. The molecule has 2 amide bonds. The van der Waals surface area contributed by atoms with Crippen molar-refractivity contribution in [1.82, 2.24) is 10.2 Å². The predicted molar refractivity (Wildman–Crippen MR) is 87.0 cm³/mol. The number of carboxylic acid groups (broad SMARTS) is 1. The van der Waals surface area contributed by atoms with E-state index in [-0.39, 0.29) is 12.5 Å². The molecule has 7 heteroatoms. The molecule has 0 aliphatic carbocycles. The van der Waals surface area contributed by atoms with Crippen molar-refractivity contribution in [1.29, 1.82) is 0 Å². The number of hydrogen-bond donors (Lipinski definition) is 3. The third-order valence-corrected chi connectivity index (χ3v) is 3.26. The number of aliphatic carboxylic acids is 1. The van der Waals surface area contributed by atoms with E-state index in [4.69, 9.17) is 5.11 Å². The molecule has 7 nitrogen and oxygen atoms in total. The van der Waals surface area contributed by atoms with E-state index in [1.807, 2.05) is 25.1 Å². The number of carboxylic acids is 1. The molecule has 0 fully saturated rings. The molecule has 0 saturated heterocycles. The molecule has 0 radical (unpaired) electrons. The molecule has 1 unspecified atom stereocenters. The third-order valence-electron chi connectivity index (χ3n) is 3.26. The zero-order valence-corrected chi connectivity index (χ0v) is 13.4.